The van der Waals surface area contributed by atoms with Crippen molar-refractivity contribution in [1.82, 2.24) is 0 Å². The Morgan fingerprint density at radius 1 is 0.780 bits per heavy atom. The Bertz CT molecular complexity index is 1630. The molecule has 8 heteroatoms. The van der Waals surface area contributed by atoms with Gasteiger partial charge >= 0.3 is 0 Å². The van der Waals surface area contributed by atoms with Crippen LogP contribution in [0.2, 0.25) is 0 Å². The van der Waals surface area contributed by atoms with E-state index < -0.39 is 29.1 Å². The lowest BCUT2D eigenvalue weighted by molar-refractivity contribution is -0.131. The fourth-order valence-electron chi connectivity index (χ4n) is 7.73. The van der Waals surface area contributed by atoms with Crippen molar-refractivity contribution in [2.24, 2.45) is 29.1 Å². The molecule has 0 spiro atoms. The second-order valence-corrected chi connectivity index (χ2v) is 12.5. The number of fused-ring (bicyclic) bond motifs is 4. The molecule has 2 aliphatic heterocycles. The molecule has 0 bridgehead atoms. The lowest BCUT2D eigenvalue weighted by atomic mass is 9.51. The van der Waals surface area contributed by atoms with E-state index in [-0.39, 0.29) is 35.3 Å². The first-order valence-corrected chi connectivity index (χ1v) is 14.6. The molecule has 206 valence electrons. The van der Waals surface area contributed by atoms with Gasteiger partial charge in [-0.1, -0.05) is 57.9 Å². The van der Waals surface area contributed by atoms with Crippen LogP contribution in [0.25, 0.3) is 0 Å². The lowest BCUT2D eigenvalue weighted by Gasteiger charge is -2.49. The van der Waals surface area contributed by atoms with Crippen molar-refractivity contribution < 1.29 is 24.3 Å². The van der Waals surface area contributed by atoms with Gasteiger partial charge in [-0.2, -0.15) is 0 Å². The highest BCUT2D eigenvalue weighted by Gasteiger charge is 2.67. The SMILES string of the molecule is C[C@@]12C(=O)N(c3ccccc3)C(=O)[C@@H]1C[C@@H]1C(=CC[C@@H]3C(=O)N(c4ccc(Br)cc4)C(=O)[C@@H]31)[C@@H]2c1ccc(O)cc1. The molecule has 4 aliphatic rings. The Balaban J connectivity index is 1.36. The number of anilines is 2. The number of hydrogen-bond donors (Lipinski definition) is 1. The van der Waals surface area contributed by atoms with E-state index in [9.17, 15) is 24.3 Å². The van der Waals surface area contributed by atoms with Crippen LogP contribution in [0, 0.1) is 29.1 Å². The molecule has 3 aromatic carbocycles. The minimum atomic E-state index is -1.10. The van der Waals surface area contributed by atoms with Gasteiger partial charge in [0.15, 0.2) is 0 Å². The van der Waals surface area contributed by atoms with Gasteiger partial charge in [0.05, 0.1) is 34.5 Å². The number of carbonyl (C=O) groups excluding carboxylic acids is 4. The molecular formula is C33H27BrN2O5. The van der Waals surface area contributed by atoms with Crippen LogP contribution < -0.4 is 9.80 Å². The highest BCUT2D eigenvalue weighted by Crippen LogP contribution is 2.63. The predicted octanol–water partition coefficient (Wildman–Crippen LogP) is 5.59. The summed E-state index contributed by atoms with van der Waals surface area (Å²) in [6.07, 6.45) is 2.72. The van der Waals surface area contributed by atoms with Crippen molar-refractivity contribution in [2.75, 3.05) is 9.80 Å². The Hall–Kier alpha value is -4.04. The molecule has 7 nitrogen and oxygen atoms in total. The summed E-state index contributed by atoms with van der Waals surface area (Å²) in [7, 11) is 0. The summed E-state index contributed by atoms with van der Waals surface area (Å²) in [5.41, 5.74) is 1.66. The van der Waals surface area contributed by atoms with Crippen LogP contribution in [0.5, 0.6) is 5.75 Å². The Morgan fingerprint density at radius 3 is 2.12 bits per heavy atom. The molecule has 3 fully saturated rings. The van der Waals surface area contributed by atoms with Crippen molar-refractivity contribution >= 4 is 50.9 Å². The molecule has 6 atom stereocenters. The number of benzene rings is 3. The molecule has 1 saturated carbocycles. The monoisotopic (exact) mass is 610 g/mol. The number of allylic oxidation sites excluding steroid dienone is 2. The molecule has 7 rings (SSSR count). The largest absolute Gasteiger partial charge is 0.508 e. The molecule has 4 amide bonds. The minimum absolute atomic E-state index is 0.0990. The van der Waals surface area contributed by atoms with Gasteiger partial charge in [0.2, 0.25) is 23.6 Å². The number of aromatic hydroxyl groups is 1. The third kappa shape index (κ3) is 3.63. The first kappa shape index (κ1) is 25.9. The van der Waals surface area contributed by atoms with Crippen LogP contribution >= 0.6 is 15.9 Å². The number of carbonyl (C=O) groups is 4. The van der Waals surface area contributed by atoms with E-state index in [1.165, 1.54) is 9.80 Å². The van der Waals surface area contributed by atoms with E-state index in [0.717, 1.165) is 15.6 Å². The zero-order valence-electron chi connectivity index (χ0n) is 22.2. The zero-order valence-corrected chi connectivity index (χ0v) is 23.8. The van der Waals surface area contributed by atoms with Crippen molar-refractivity contribution in [3.63, 3.8) is 0 Å². The molecule has 1 N–H and O–H groups in total. The fraction of sp³-hybridized carbons (Fsp3) is 0.273. The molecule has 0 radical (unpaired) electrons. The zero-order chi connectivity index (χ0) is 28.6. The first-order chi connectivity index (χ1) is 19.7. The van der Waals surface area contributed by atoms with Gasteiger partial charge in [0.25, 0.3) is 0 Å². The Morgan fingerprint density at radius 2 is 1.44 bits per heavy atom. The predicted molar refractivity (Wildman–Crippen MR) is 156 cm³/mol. The number of para-hydroxylation sites is 1. The van der Waals surface area contributed by atoms with Crippen LogP contribution in [-0.2, 0) is 19.2 Å². The molecule has 0 aromatic heterocycles. The number of phenols is 1. The van der Waals surface area contributed by atoms with Crippen LogP contribution in [-0.4, -0.2) is 28.7 Å². The summed E-state index contributed by atoms with van der Waals surface area (Å²) >= 11 is 3.41. The topological polar surface area (TPSA) is 95.0 Å². The number of phenolic OH excluding ortho intramolecular Hbond substituents is 1. The third-order valence-corrected chi connectivity index (χ3v) is 10.1. The van der Waals surface area contributed by atoms with Crippen molar-refractivity contribution in [2.45, 2.75) is 25.7 Å². The average Bonchev–Trinajstić information content (AvgIpc) is 3.34. The normalized spacial score (nSPS) is 30.7. The van der Waals surface area contributed by atoms with E-state index >= 15 is 0 Å². The van der Waals surface area contributed by atoms with Gasteiger partial charge in [-0.15, -0.1) is 0 Å². The van der Waals surface area contributed by atoms with Gasteiger partial charge in [0, 0.05) is 10.4 Å². The minimum Gasteiger partial charge on any atom is -0.508 e. The Labute approximate surface area is 245 Å². The maximum atomic E-state index is 14.3. The summed E-state index contributed by atoms with van der Waals surface area (Å²) in [6.45, 7) is 1.86. The summed E-state index contributed by atoms with van der Waals surface area (Å²) < 4.78 is 0.845. The van der Waals surface area contributed by atoms with Gasteiger partial charge < -0.3 is 5.11 Å². The van der Waals surface area contributed by atoms with E-state index in [1.807, 2.05) is 19.1 Å². The van der Waals surface area contributed by atoms with Gasteiger partial charge in [-0.25, -0.2) is 4.90 Å². The number of nitrogens with zero attached hydrogens (tertiary/aromatic N) is 2. The van der Waals surface area contributed by atoms with Crippen LogP contribution in [0.4, 0.5) is 11.4 Å². The summed E-state index contributed by atoms with van der Waals surface area (Å²) in [5, 5.41) is 10.0. The summed E-state index contributed by atoms with van der Waals surface area (Å²) in [4.78, 5) is 58.7. The quantitative estimate of drug-likeness (QED) is 0.308. The van der Waals surface area contributed by atoms with Crippen LogP contribution in [0.1, 0.15) is 31.2 Å². The number of imide groups is 2. The molecule has 3 aromatic rings. The second kappa shape index (κ2) is 9.24. The fourth-order valence-corrected chi connectivity index (χ4v) is 7.99. The molecule has 2 heterocycles. The maximum absolute atomic E-state index is 14.3. The van der Waals surface area contributed by atoms with Gasteiger partial charge in [0.1, 0.15) is 5.75 Å². The maximum Gasteiger partial charge on any atom is 0.241 e. The number of halogens is 1. The van der Waals surface area contributed by atoms with Crippen molar-refractivity contribution in [3.05, 3.63) is 101 Å². The molecule has 0 unspecified atom stereocenters. The summed E-state index contributed by atoms with van der Waals surface area (Å²) in [5.74, 6) is -3.65. The highest BCUT2D eigenvalue weighted by molar-refractivity contribution is 9.10. The second-order valence-electron chi connectivity index (χ2n) is 11.6. The van der Waals surface area contributed by atoms with E-state index in [4.69, 9.17) is 0 Å². The standard InChI is InChI=1S/C33H27BrN2O5/c1-33-26(30(39)36(32(33)41)20-5-3-2-4-6-20)17-25-23(28(33)18-7-13-22(37)14-8-18)15-16-24-27(25)31(40)35(29(24)38)21-11-9-19(34)10-12-21/h2-15,24-28,37H,16-17H2,1H3/t24-,25+,26-,27-,28-,33+/m0/s1. The van der Waals surface area contributed by atoms with Gasteiger partial charge in [-0.05, 0) is 79.8 Å². The van der Waals surface area contributed by atoms with Crippen LogP contribution in [0.15, 0.2) is 95.0 Å². The van der Waals surface area contributed by atoms with E-state index in [2.05, 4.69) is 15.9 Å². The van der Waals surface area contributed by atoms with Crippen molar-refractivity contribution in [1.29, 1.82) is 0 Å². The van der Waals surface area contributed by atoms with Gasteiger partial charge in [-0.3, -0.25) is 24.1 Å². The highest BCUT2D eigenvalue weighted by atomic mass is 79.9. The van der Waals surface area contributed by atoms with E-state index in [0.29, 0.717) is 24.2 Å². The number of rotatable bonds is 3. The summed E-state index contributed by atoms with van der Waals surface area (Å²) in [6, 6.07) is 22.8. The Kier molecular flexibility index (Phi) is 5.84. The number of hydrogen-bond acceptors (Lipinski definition) is 5. The van der Waals surface area contributed by atoms with Crippen LogP contribution in [0.3, 0.4) is 0 Å². The average molecular weight is 611 g/mol. The van der Waals surface area contributed by atoms with Crippen molar-refractivity contribution in [3.8, 4) is 5.75 Å². The number of amides is 4. The molecule has 2 aliphatic carbocycles. The van der Waals surface area contributed by atoms with E-state index in [1.54, 1.807) is 72.8 Å². The first-order valence-electron chi connectivity index (χ1n) is 13.8. The molecule has 2 saturated heterocycles. The smallest absolute Gasteiger partial charge is 0.241 e. The molecule has 41 heavy (non-hydrogen) atoms. The lowest BCUT2D eigenvalue weighted by Crippen LogP contribution is -2.48. The molecular weight excluding hydrogens is 584 g/mol. The third-order valence-electron chi connectivity index (χ3n) is 9.60.